The number of rotatable bonds is 6. The van der Waals surface area contributed by atoms with Crippen molar-refractivity contribution in [1.82, 2.24) is 19.7 Å². The van der Waals surface area contributed by atoms with Gasteiger partial charge in [-0.15, -0.1) is 10.2 Å². The van der Waals surface area contributed by atoms with Crippen LogP contribution in [-0.2, 0) is 11.3 Å². The zero-order valence-corrected chi connectivity index (χ0v) is 18.1. The van der Waals surface area contributed by atoms with Crippen molar-refractivity contribution in [2.75, 3.05) is 5.32 Å². The van der Waals surface area contributed by atoms with Crippen LogP contribution in [0.25, 0.3) is 11.4 Å². The number of pyridine rings is 1. The fraction of sp³-hybridized carbons (Fsp3) is 0.222. The van der Waals surface area contributed by atoms with Gasteiger partial charge in [-0.2, -0.15) is 0 Å². The zero-order chi connectivity index (χ0) is 20.3. The first kappa shape index (κ1) is 20.9. The van der Waals surface area contributed by atoms with Gasteiger partial charge in [0.05, 0.1) is 15.3 Å². The molecule has 0 spiro atoms. The van der Waals surface area contributed by atoms with Crippen LogP contribution in [0, 0.1) is 0 Å². The molecule has 10 heteroatoms. The second kappa shape index (κ2) is 9.13. The van der Waals surface area contributed by atoms with Gasteiger partial charge < -0.3 is 9.88 Å². The number of halogens is 3. The minimum atomic E-state index is -0.443. The lowest BCUT2D eigenvalue weighted by molar-refractivity contribution is -0.115. The Hall–Kier alpha value is -1.80. The molecule has 2 aromatic heterocycles. The monoisotopic (exact) mass is 455 g/mol. The van der Waals surface area contributed by atoms with Gasteiger partial charge in [0.1, 0.15) is 0 Å². The first-order valence-corrected chi connectivity index (χ1v) is 10.4. The Kier molecular flexibility index (Phi) is 6.82. The molecule has 0 aliphatic rings. The number of nitrogens with one attached hydrogen (secondary N) is 1. The fourth-order valence-corrected chi connectivity index (χ4v) is 3.88. The number of carbonyl (C=O) groups excluding carboxylic acids is 1. The SMILES string of the molecule is CCn1c(SC(C)C(=O)Nc2ncc(Cl)cc2Cl)nnc1-c1ccc(Cl)cc1. The summed E-state index contributed by atoms with van der Waals surface area (Å²) in [5, 5.41) is 12.8. The molecule has 0 bridgehead atoms. The van der Waals surface area contributed by atoms with Crippen LogP contribution < -0.4 is 5.32 Å². The molecule has 6 nitrogen and oxygen atoms in total. The van der Waals surface area contributed by atoms with Crippen molar-refractivity contribution in [2.24, 2.45) is 0 Å². The predicted octanol–water partition coefficient (Wildman–Crippen LogP) is 5.44. The highest BCUT2D eigenvalue weighted by molar-refractivity contribution is 8.00. The van der Waals surface area contributed by atoms with Gasteiger partial charge in [0.25, 0.3) is 0 Å². The molecule has 0 saturated heterocycles. The third kappa shape index (κ3) is 4.78. The number of hydrogen-bond donors (Lipinski definition) is 1. The smallest absolute Gasteiger partial charge is 0.238 e. The number of amides is 1. The number of thioether (sulfide) groups is 1. The second-order valence-electron chi connectivity index (χ2n) is 5.79. The zero-order valence-electron chi connectivity index (χ0n) is 15.0. The topological polar surface area (TPSA) is 72.7 Å². The number of nitrogens with zero attached hydrogens (tertiary/aromatic N) is 4. The third-order valence-corrected chi connectivity index (χ3v) is 5.66. The highest BCUT2D eigenvalue weighted by atomic mass is 35.5. The van der Waals surface area contributed by atoms with E-state index in [-0.39, 0.29) is 16.7 Å². The molecule has 0 saturated carbocycles. The molecule has 2 heterocycles. The van der Waals surface area contributed by atoms with Gasteiger partial charge in [0.15, 0.2) is 16.8 Å². The molecule has 1 atom stereocenters. The number of hydrogen-bond acceptors (Lipinski definition) is 5. The van der Waals surface area contributed by atoms with Crippen LogP contribution in [0.3, 0.4) is 0 Å². The molecule has 1 amide bonds. The molecule has 1 aromatic carbocycles. The number of anilines is 1. The third-order valence-electron chi connectivity index (χ3n) is 3.84. The Morgan fingerprint density at radius 1 is 1.18 bits per heavy atom. The highest BCUT2D eigenvalue weighted by Gasteiger charge is 2.21. The lowest BCUT2D eigenvalue weighted by Crippen LogP contribution is -2.23. The van der Waals surface area contributed by atoms with Crippen LogP contribution in [0.15, 0.2) is 41.7 Å². The quantitative estimate of drug-likeness (QED) is 0.500. The summed E-state index contributed by atoms with van der Waals surface area (Å²) in [6, 6.07) is 8.90. The average molecular weight is 457 g/mol. The van der Waals surface area contributed by atoms with Crippen molar-refractivity contribution in [3.63, 3.8) is 0 Å². The highest BCUT2D eigenvalue weighted by Crippen LogP contribution is 2.29. The second-order valence-corrected chi connectivity index (χ2v) is 8.38. The van der Waals surface area contributed by atoms with Gasteiger partial charge in [-0.25, -0.2) is 4.98 Å². The van der Waals surface area contributed by atoms with E-state index in [2.05, 4.69) is 20.5 Å². The maximum absolute atomic E-state index is 12.5. The minimum Gasteiger partial charge on any atom is -0.308 e. The molecule has 28 heavy (non-hydrogen) atoms. The van der Waals surface area contributed by atoms with Crippen molar-refractivity contribution in [2.45, 2.75) is 30.8 Å². The minimum absolute atomic E-state index is 0.250. The van der Waals surface area contributed by atoms with Gasteiger partial charge in [-0.1, -0.05) is 46.6 Å². The molecule has 1 N–H and O–H groups in total. The van der Waals surface area contributed by atoms with Crippen molar-refractivity contribution in [3.8, 4) is 11.4 Å². The van der Waals surface area contributed by atoms with E-state index in [1.165, 1.54) is 24.0 Å². The summed E-state index contributed by atoms with van der Waals surface area (Å²) in [6.45, 7) is 4.43. The fourth-order valence-electron chi connectivity index (χ4n) is 2.41. The van der Waals surface area contributed by atoms with Crippen LogP contribution in [0.4, 0.5) is 5.82 Å². The Morgan fingerprint density at radius 3 is 2.54 bits per heavy atom. The molecule has 3 rings (SSSR count). The maximum atomic E-state index is 12.5. The molecular weight excluding hydrogens is 441 g/mol. The van der Waals surface area contributed by atoms with Gasteiger partial charge in [-0.05, 0) is 44.2 Å². The van der Waals surface area contributed by atoms with Gasteiger partial charge in [0.2, 0.25) is 5.91 Å². The van der Waals surface area contributed by atoms with Crippen LogP contribution in [0.5, 0.6) is 0 Å². The van der Waals surface area contributed by atoms with Gasteiger partial charge >= 0.3 is 0 Å². The van der Waals surface area contributed by atoms with E-state index in [4.69, 9.17) is 34.8 Å². The van der Waals surface area contributed by atoms with Crippen molar-refractivity contribution in [3.05, 3.63) is 51.6 Å². The van der Waals surface area contributed by atoms with E-state index in [1.54, 1.807) is 19.1 Å². The first-order chi connectivity index (χ1) is 13.4. The average Bonchev–Trinajstić information content (AvgIpc) is 3.07. The molecule has 0 radical (unpaired) electrons. The van der Waals surface area contributed by atoms with Gasteiger partial charge in [-0.3, -0.25) is 4.79 Å². The van der Waals surface area contributed by atoms with E-state index in [1.807, 2.05) is 23.6 Å². The van der Waals surface area contributed by atoms with Crippen LogP contribution >= 0.6 is 46.6 Å². The number of benzene rings is 1. The molecular formula is C18H16Cl3N5OS. The normalized spacial score (nSPS) is 12.0. The van der Waals surface area contributed by atoms with E-state index in [0.29, 0.717) is 21.7 Å². The molecule has 0 aliphatic heterocycles. The summed E-state index contributed by atoms with van der Waals surface area (Å²) in [5.74, 6) is 0.736. The lowest BCUT2D eigenvalue weighted by Gasteiger charge is -2.13. The van der Waals surface area contributed by atoms with E-state index >= 15 is 0 Å². The maximum Gasteiger partial charge on any atom is 0.238 e. The Bertz CT molecular complexity index is 993. The Labute approximate surface area is 181 Å². The summed E-state index contributed by atoms with van der Waals surface area (Å²) in [5.41, 5.74) is 0.903. The van der Waals surface area contributed by atoms with E-state index < -0.39 is 5.25 Å². The summed E-state index contributed by atoms with van der Waals surface area (Å²) >= 11 is 19.2. The predicted molar refractivity (Wildman–Crippen MR) is 114 cm³/mol. The van der Waals surface area contributed by atoms with Crippen molar-refractivity contribution >= 4 is 58.3 Å². The molecule has 1 unspecified atom stereocenters. The summed E-state index contributed by atoms with van der Waals surface area (Å²) in [6.07, 6.45) is 1.42. The standard InChI is InChI=1S/C18H16Cl3N5OS/c1-3-26-16(11-4-6-12(19)7-5-11)24-25-18(26)28-10(2)17(27)23-15-14(21)8-13(20)9-22-15/h4-10H,3H2,1-2H3,(H,22,23,27). The van der Waals surface area contributed by atoms with Crippen LogP contribution in [0.1, 0.15) is 13.8 Å². The molecule has 3 aromatic rings. The van der Waals surface area contributed by atoms with E-state index in [0.717, 1.165) is 11.4 Å². The summed E-state index contributed by atoms with van der Waals surface area (Å²) in [4.78, 5) is 16.6. The lowest BCUT2D eigenvalue weighted by atomic mass is 10.2. The van der Waals surface area contributed by atoms with Gasteiger partial charge in [0, 0.05) is 23.3 Å². The summed E-state index contributed by atoms with van der Waals surface area (Å²) < 4.78 is 1.95. The molecule has 0 aliphatic carbocycles. The number of aromatic nitrogens is 4. The summed E-state index contributed by atoms with van der Waals surface area (Å²) in [7, 11) is 0. The van der Waals surface area contributed by atoms with Crippen molar-refractivity contribution in [1.29, 1.82) is 0 Å². The molecule has 146 valence electrons. The Morgan fingerprint density at radius 2 is 1.89 bits per heavy atom. The molecule has 0 fully saturated rings. The van der Waals surface area contributed by atoms with Crippen LogP contribution in [-0.4, -0.2) is 30.9 Å². The number of carbonyl (C=O) groups is 1. The van der Waals surface area contributed by atoms with Crippen molar-refractivity contribution < 1.29 is 4.79 Å². The van der Waals surface area contributed by atoms with Crippen LogP contribution in [0.2, 0.25) is 15.1 Å². The first-order valence-electron chi connectivity index (χ1n) is 8.36. The largest absolute Gasteiger partial charge is 0.308 e. The van der Waals surface area contributed by atoms with E-state index in [9.17, 15) is 4.79 Å². The Balaban J connectivity index is 1.75.